The van der Waals surface area contributed by atoms with E-state index in [0.29, 0.717) is 17.5 Å². The molecule has 0 aliphatic carbocycles. The summed E-state index contributed by atoms with van der Waals surface area (Å²) < 4.78 is 5.55. The van der Waals surface area contributed by atoms with Crippen LogP contribution < -0.4 is 5.32 Å². The molecule has 1 atom stereocenters. The molecule has 0 amide bonds. The Hall–Kier alpha value is -1.33. The van der Waals surface area contributed by atoms with Crippen LogP contribution in [0.5, 0.6) is 0 Å². The Balaban J connectivity index is 1.94. The standard InChI is InChI=1S/C12H15N3OS/c1-9(13-2)12-15-14-11(16-12)8-17-10-6-4-3-5-7-10/h3-7,9,13H,8H2,1-2H3. The maximum absolute atomic E-state index is 5.55. The largest absolute Gasteiger partial charge is 0.423 e. The second kappa shape index (κ2) is 5.84. The van der Waals surface area contributed by atoms with Crippen molar-refractivity contribution in [3.63, 3.8) is 0 Å². The Morgan fingerprint density at radius 1 is 1.29 bits per heavy atom. The van der Waals surface area contributed by atoms with E-state index in [1.165, 1.54) is 4.90 Å². The van der Waals surface area contributed by atoms with Gasteiger partial charge in [0.25, 0.3) is 0 Å². The van der Waals surface area contributed by atoms with Crippen LogP contribution in [0, 0.1) is 0 Å². The molecule has 2 aromatic rings. The maximum atomic E-state index is 5.55. The van der Waals surface area contributed by atoms with Gasteiger partial charge in [0, 0.05) is 4.90 Å². The molecule has 1 aromatic carbocycles. The van der Waals surface area contributed by atoms with E-state index in [9.17, 15) is 0 Å². The fraction of sp³-hybridized carbons (Fsp3) is 0.333. The van der Waals surface area contributed by atoms with E-state index < -0.39 is 0 Å². The molecule has 1 unspecified atom stereocenters. The fourth-order valence-corrected chi connectivity index (χ4v) is 2.04. The zero-order chi connectivity index (χ0) is 12.1. The number of hydrogen-bond acceptors (Lipinski definition) is 5. The minimum Gasteiger partial charge on any atom is -0.423 e. The molecule has 17 heavy (non-hydrogen) atoms. The zero-order valence-electron chi connectivity index (χ0n) is 9.88. The number of nitrogens with one attached hydrogen (secondary N) is 1. The van der Waals surface area contributed by atoms with Crippen molar-refractivity contribution < 1.29 is 4.42 Å². The summed E-state index contributed by atoms with van der Waals surface area (Å²) in [7, 11) is 1.87. The van der Waals surface area contributed by atoms with Crippen LogP contribution in [-0.2, 0) is 5.75 Å². The Kier molecular flexibility index (Phi) is 4.17. The van der Waals surface area contributed by atoms with Gasteiger partial charge >= 0.3 is 0 Å². The highest BCUT2D eigenvalue weighted by Crippen LogP contribution is 2.22. The number of nitrogens with zero attached hydrogens (tertiary/aromatic N) is 2. The Bertz CT molecular complexity index is 458. The molecule has 0 bridgehead atoms. The van der Waals surface area contributed by atoms with Crippen LogP contribution >= 0.6 is 11.8 Å². The summed E-state index contributed by atoms with van der Waals surface area (Å²) in [5, 5.41) is 11.1. The molecule has 0 aliphatic rings. The SMILES string of the molecule is CNC(C)c1nnc(CSc2ccccc2)o1. The molecule has 0 aliphatic heterocycles. The van der Waals surface area contributed by atoms with Crippen molar-refractivity contribution in [2.45, 2.75) is 23.6 Å². The van der Waals surface area contributed by atoms with Gasteiger partial charge in [-0.15, -0.1) is 22.0 Å². The van der Waals surface area contributed by atoms with Gasteiger partial charge in [-0.1, -0.05) is 18.2 Å². The third kappa shape index (κ3) is 3.31. The van der Waals surface area contributed by atoms with Crippen molar-refractivity contribution >= 4 is 11.8 Å². The number of rotatable bonds is 5. The van der Waals surface area contributed by atoms with E-state index in [0.717, 1.165) is 0 Å². The summed E-state index contributed by atoms with van der Waals surface area (Å²) in [6, 6.07) is 10.3. The molecule has 0 saturated heterocycles. The molecule has 1 heterocycles. The summed E-state index contributed by atoms with van der Waals surface area (Å²) in [6.07, 6.45) is 0. The van der Waals surface area contributed by atoms with Crippen molar-refractivity contribution in [1.82, 2.24) is 15.5 Å². The smallest absolute Gasteiger partial charge is 0.233 e. The van der Waals surface area contributed by atoms with Gasteiger partial charge in [0.2, 0.25) is 11.8 Å². The summed E-state index contributed by atoms with van der Waals surface area (Å²) >= 11 is 1.69. The molecule has 4 nitrogen and oxygen atoms in total. The van der Waals surface area contributed by atoms with E-state index in [1.54, 1.807) is 11.8 Å². The molecular formula is C12H15N3OS. The lowest BCUT2D eigenvalue weighted by atomic mass is 10.3. The van der Waals surface area contributed by atoms with Gasteiger partial charge in [0.05, 0.1) is 11.8 Å². The minimum absolute atomic E-state index is 0.0953. The molecule has 5 heteroatoms. The van der Waals surface area contributed by atoms with E-state index in [1.807, 2.05) is 32.2 Å². The van der Waals surface area contributed by atoms with Crippen LogP contribution in [0.3, 0.4) is 0 Å². The van der Waals surface area contributed by atoms with Crippen molar-refractivity contribution in [1.29, 1.82) is 0 Å². The molecular weight excluding hydrogens is 234 g/mol. The lowest BCUT2D eigenvalue weighted by Crippen LogP contribution is -2.12. The third-order valence-electron chi connectivity index (χ3n) is 2.39. The lowest BCUT2D eigenvalue weighted by molar-refractivity contribution is 0.415. The van der Waals surface area contributed by atoms with Crippen LogP contribution in [-0.4, -0.2) is 17.2 Å². The van der Waals surface area contributed by atoms with Crippen LogP contribution in [0.15, 0.2) is 39.6 Å². The summed E-state index contributed by atoms with van der Waals surface area (Å²) in [6.45, 7) is 1.99. The van der Waals surface area contributed by atoms with Gasteiger partial charge in [-0.05, 0) is 26.1 Å². The topological polar surface area (TPSA) is 51.0 Å². The monoisotopic (exact) mass is 249 g/mol. The van der Waals surface area contributed by atoms with Crippen molar-refractivity contribution in [3.05, 3.63) is 42.1 Å². The molecule has 2 rings (SSSR count). The lowest BCUT2D eigenvalue weighted by Gasteiger charge is -2.02. The quantitative estimate of drug-likeness (QED) is 0.826. The third-order valence-corrected chi connectivity index (χ3v) is 3.39. The predicted octanol–water partition coefficient (Wildman–Crippen LogP) is 2.64. The Labute approximate surface area is 105 Å². The van der Waals surface area contributed by atoms with Gasteiger partial charge in [-0.25, -0.2) is 0 Å². The second-order valence-electron chi connectivity index (χ2n) is 3.65. The van der Waals surface area contributed by atoms with Crippen LogP contribution in [0.4, 0.5) is 0 Å². The van der Waals surface area contributed by atoms with Crippen LogP contribution in [0.25, 0.3) is 0 Å². The van der Waals surface area contributed by atoms with E-state index in [2.05, 4.69) is 27.6 Å². The number of aromatic nitrogens is 2. The molecule has 0 fully saturated rings. The number of thioether (sulfide) groups is 1. The van der Waals surface area contributed by atoms with E-state index >= 15 is 0 Å². The normalized spacial score (nSPS) is 12.6. The van der Waals surface area contributed by atoms with Gasteiger partial charge in [-0.3, -0.25) is 0 Å². The predicted molar refractivity (Wildman–Crippen MR) is 67.8 cm³/mol. The molecule has 0 spiro atoms. The second-order valence-corrected chi connectivity index (χ2v) is 4.69. The molecule has 1 aromatic heterocycles. The van der Waals surface area contributed by atoms with E-state index in [4.69, 9.17) is 4.42 Å². The van der Waals surface area contributed by atoms with Gasteiger partial charge in [0.15, 0.2) is 0 Å². The molecule has 1 N–H and O–H groups in total. The highest BCUT2D eigenvalue weighted by Gasteiger charge is 2.11. The summed E-state index contributed by atoms with van der Waals surface area (Å²) in [5.41, 5.74) is 0. The average molecular weight is 249 g/mol. The highest BCUT2D eigenvalue weighted by atomic mass is 32.2. The summed E-state index contributed by atoms with van der Waals surface area (Å²) in [5.74, 6) is 2.00. The fourth-order valence-electron chi connectivity index (χ4n) is 1.29. The summed E-state index contributed by atoms with van der Waals surface area (Å²) in [4.78, 5) is 1.20. The molecule has 90 valence electrons. The molecule has 0 radical (unpaired) electrons. The first-order chi connectivity index (χ1) is 8.29. The minimum atomic E-state index is 0.0953. The Morgan fingerprint density at radius 2 is 2.06 bits per heavy atom. The van der Waals surface area contributed by atoms with Gasteiger partial charge in [0.1, 0.15) is 0 Å². The first kappa shape index (κ1) is 12.1. The van der Waals surface area contributed by atoms with Crippen molar-refractivity contribution in [3.8, 4) is 0 Å². The zero-order valence-corrected chi connectivity index (χ0v) is 10.7. The maximum Gasteiger partial charge on any atom is 0.233 e. The first-order valence-electron chi connectivity index (χ1n) is 5.47. The average Bonchev–Trinajstić information content (AvgIpc) is 2.85. The molecule has 0 saturated carbocycles. The van der Waals surface area contributed by atoms with E-state index in [-0.39, 0.29) is 6.04 Å². The van der Waals surface area contributed by atoms with Crippen LogP contribution in [0.2, 0.25) is 0 Å². The number of benzene rings is 1. The van der Waals surface area contributed by atoms with Crippen LogP contribution in [0.1, 0.15) is 24.7 Å². The number of hydrogen-bond donors (Lipinski definition) is 1. The Morgan fingerprint density at radius 3 is 2.76 bits per heavy atom. The first-order valence-corrected chi connectivity index (χ1v) is 6.45. The van der Waals surface area contributed by atoms with Crippen molar-refractivity contribution in [2.75, 3.05) is 7.05 Å². The highest BCUT2D eigenvalue weighted by molar-refractivity contribution is 7.98. The van der Waals surface area contributed by atoms with Gasteiger partial charge in [-0.2, -0.15) is 0 Å². The van der Waals surface area contributed by atoms with Gasteiger partial charge < -0.3 is 9.73 Å². The van der Waals surface area contributed by atoms with Crippen molar-refractivity contribution in [2.24, 2.45) is 0 Å².